The standard InChI is InChI=1S/C19H23NO3/c1-13-4-3-5-16(10-13)17(21)12-20-14(2)15-6-7-18-19(11-15)23-9-8-22-18/h3-7,10-11,14,17,20-21H,8-9,12H2,1-2H3. The van der Waals surface area contributed by atoms with Crippen molar-refractivity contribution in [3.05, 3.63) is 59.2 Å². The van der Waals surface area contributed by atoms with Crippen LogP contribution in [0.4, 0.5) is 0 Å². The van der Waals surface area contributed by atoms with Gasteiger partial charge in [0.2, 0.25) is 0 Å². The molecule has 122 valence electrons. The Kier molecular flexibility index (Phi) is 4.84. The molecule has 0 saturated heterocycles. The van der Waals surface area contributed by atoms with Crippen LogP contribution >= 0.6 is 0 Å². The number of rotatable bonds is 5. The van der Waals surface area contributed by atoms with Crippen molar-refractivity contribution in [2.75, 3.05) is 19.8 Å². The van der Waals surface area contributed by atoms with Gasteiger partial charge in [0.05, 0.1) is 6.10 Å². The van der Waals surface area contributed by atoms with Gasteiger partial charge in [-0.25, -0.2) is 0 Å². The Morgan fingerprint density at radius 1 is 1.04 bits per heavy atom. The number of aliphatic hydroxyl groups excluding tert-OH is 1. The van der Waals surface area contributed by atoms with Crippen molar-refractivity contribution in [1.29, 1.82) is 0 Å². The quantitative estimate of drug-likeness (QED) is 0.890. The Labute approximate surface area is 137 Å². The van der Waals surface area contributed by atoms with E-state index in [4.69, 9.17) is 9.47 Å². The lowest BCUT2D eigenvalue weighted by Gasteiger charge is -2.22. The summed E-state index contributed by atoms with van der Waals surface area (Å²) in [6.45, 7) is 5.79. The number of nitrogens with one attached hydrogen (secondary N) is 1. The second-order valence-corrected chi connectivity index (χ2v) is 5.96. The van der Waals surface area contributed by atoms with Crippen LogP contribution in [0.5, 0.6) is 11.5 Å². The van der Waals surface area contributed by atoms with Crippen molar-refractivity contribution in [2.45, 2.75) is 26.0 Å². The summed E-state index contributed by atoms with van der Waals surface area (Å²) in [4.78, 5) is 0. The number of fused-ring (bicyclic) bond motifs is 1. The molecule has 2 aromatic rings. The molecule has 2 atom stereocenters. The topological polar surface area (TPSA) is 50.7 Å². The number of hydrogen-bond acceptors (Lipinski definition) is 4. The average Bonchev–Trinajstić information content (AvgIpc) is 2.59. The molecule has 1 aliphatic rings. The monoisotopic (exact) mass is 313 g/mol. The lowest BCUT2D eigenvalue weighted by atomic mass is 10.0. The predicted molar refractivity (Wildman–Crippen MR) is 90.0 cm³/mol. The first-order valence-electron chi connectivity index (χ1n) is 8.01. The molecule has 0 fully saturated rings. The Morgan fingerprint density at radius 3 is 2.61 bits per heavy atom. The molecule has 23 heavy (non-hydrogen) atoms. The van der Waals surface area contributed by atoms with Gasteiger partial charge in [0.15, 0.2) is 11.5 Å². The summed E-state index contributed by atoms with van der Waals surface area (Å²) in [7, 11) is 0. The van der Waals surface area contributed by atoms with Crippen LogP contribution in [-0.2, 0) is 0 Å². The van der Waals surface area contributed by atoms with E-state index in [2.05, 4.69) is 12.2 Å². The van der Waals surface area contributed by atoms with Crippen molar-refractivity contribution >= 4 is 0 Å². The van der Waals surface area contributed by atoms with Gasteiger partial charge in [-0.3, -0.25) is 0 Å². The summed E-state index contributed by atoms with van der Waals surface area (Å²) >= 11 is 0. The fraction of sp³-hybridized carbons (Fsp3) is 0.368. The molecular weight excluding hydrogens is 290 g/mol. The van der Waals surface area contributed by atoms with Gasteiger partial charge < -0.3 is 19.9 Å². The van der Waals surface area contributed by atoms with E-state index in [1.54, 1.807) is 0 Å². The van der Waals surface area contributed by atoms with Crippen LogP contribution in [0, 0.1) is 6.92 Å². The molecule has 0 bridgehead atoms. The van der Waals surface area contributed by atoms with E-state index >= 15 is 0 Å². The minimum Gasteiger partial charge on any atom is -0.486 e. The molecule has 0 radical (unpaired) electrons. The fourth-order valence-electron chi connectivity index (χ4n) is 2.73. The number of hydrogen-bond donors (Lipinski definition) is 2. The van der Waals surface area contributed by atoms with Gasteiger partial charge in [0, 0.05) is 12.6 Å². The number of benzene rings is 2. The van der Waals surface area contributed by atoms with E-state index in [-0.39, 0.29) is 6.04 Å². The maximum atomic E-state index is 10.3. The average molecular weight is 313 g/mol. The zero-order valence-electron chi connectivity index (χ0n) is 13.6. The number of aryl methyl sites for hydroxylation is 1. The van der Waals surface area contributed by atoms with Gasteiger partial charge in [-0.15, -0.1) is 0 Å². The number of aliphatic hydroxyl groups is 1. The van der Waals surface area contributed by atoms with Gasteiger partial charge >= 0.3 is 0 Å². The summed E-state index contributed by atoms with van der Waals surface area (Å²) in [5.41, 5.74) is 3.21. The van der Waals surface area contributed by atoms with Crippen molar-refractivity contribution < 1.29 is 14.6 Å². The van der Waals surface area contributed by atoms with Crippen LogP contribution in [0.2, 0.25) is 0 Å². The van der Waals surface area contributed by atoms with E-state index < -0.39 is 6.10 Å². The highest BCUT2D eigenvalue weighted by molar-refractivity contribution is 5.44. The van der Waals surface area contributed by atoms with Crippen LogP contribution in [0.3, 0.4) is 0 Å². The van der Waals surface area contributed by atoms with Gasteiger partial charge in [0.25, 0.3) is 0 Å². The van der Waals surface area contributed by atoms with Crippen molar-refractivity contribution in [3.63, 3.8) is 0 Å². The lowest BCUT2D eigenvalue weighted by Crippen LogP contribution is -2.25. The van der Waals surface area contributed by atoms with E-state index in [0.717, 1.165) is 28.2 Å². The molecule has 1 aliphatic heterocycles. The zero-order valence-corrected chi connectivity index (χ0v) is 13.6. The van der Waals surface area contributed by atoms with Crippen molar-refractivity contribution in [1.82, 2.24) is 5.32 Å². The van der Waals surface area contributed by atoms with Crippen molar-refractivity contribution in [2.24, 2.45) is 0 Å². The second-order valence-electron chi connectivity index (χ2n) is 5.96. The van der Waals surface area contributed by atoms with E-state index in [9.17, 15) is 5.11 Å². The van der Waals surface area contributed by atoms with Gasteiger partial charge in [-0.2, -0.15) is 0 Å². The third kappa shape index (κ3) is 3.84. The first-order chi connectivity index (χ1) is 11.1. The molecule has 2 unspecified atom stereocenters. The first-order valence-corrected chi connectivity index (χ1v) is 8.01. The molecule has 4 heteroatoms. The summed E-state index contributed by atoms with van der Waals surface area (Å²) in [6.07, 6.45) is -0.519. The third-order valence-corrected chi connectivity index (χ3v) is 4.11. The highest BCUT2D eigenvalue weighted by Gasteiger charge is 2.15. The zero-order chi connectivity index (χ0) is 16.2. The largest absolute Gasteiger partial charge is 0.486 e. The minimum atomic E-state index is -0.519. The van der Waals surface area contributed by atoms with Gasteiger partial charge in [0.1, 0.15) is 13.2 Å². The van der Waals surface area contributed by atoms with E-state index in [1.165, 1.54) is 0 Å². The molecule has 4 nitrogen and oxygen atoms in total. The molecule has 0 spiro atoms. The fourth-order valence-corrected chi connectivity index (χ4v) is 2.73. The molecule has 2 aromatic carbocycles. The van der Waals surface area contributed by atoms with E-state index in [1.807, 2.05) is 49.4 Å². The summed E-state index contributed by atoms with van der Waals surface area (Å²) < 4.78 is 11.2. The van der Waals surface area contributed by atoms with Crippen LogP contribution < -0.4 is 14.8 Å². The van der Waals surface area contributed by atoms with Crippen LogP contribution in [0.25, 0.3) is 0 Å². The van der Waals surface area contributed by atoms with Crippen LogP contribution in [0.1, 0.15) is 35.8 Å². The Bertz CT molecular complexity index is 671. The number of ether oxygens (including phenoxy) is 2. The first kappa shape index (κ1) is 15.8. The molecule has 2 N–H and O–H groups in total. The summed E-state index contributed by atoms with van der Waals surface area (Å²) in [5.74, 6) is 1.59. The van der Waals surface area contributed by atoms with Gasteiger partial charge in [-0.1, -0.05) is 35.9 Å². The van der Waals surface area contributed by atoms with Crippen molar-refractivity contribution in [3.8, 4) is 11.5 Å². The maximum absolute atomic E-state index is 10.3. The van der Waals surface area contributed by atoms with Crippen LogP contribution in [-0.4, -0.2) is 24.9 Å². The molecule has 0 saturated carbocycles. The van der Waals surface area contributed by atoms with E-state index in [0.29, 0.717) is 19.8 Å². The Hall–Kier alpha value is -2.04. The Balaban J connectivity index is 1.62. The molecule has 3 rings (SSSR count). The Morgan fingerprint density at radius 2 is 1.83 bits per heavy atom. The second kappa shape index (κ2) is 7.02. The van der Waals surface area contributed by atoms with Gasteiger partial charge in [-0.05, 0) is 37.1 Å². The molecular formula is C19H23NO3. The molecule has 0 aliphatic carbocycles. The normalized spacial score (nSPS) is 16.0. The minimum absolute atomic E-state index is 0.116. The summed E-state index contributed by atoms with van der Waals surface area (Å²) in [6, 6.07) is 14.1. The smallest absolute Gasteiger partial charge is 0.161 e. The summed E-state index contributed by atoms with van der Waals surface area (Å²) in [5, 5.41) is 13.7. The third-order valence-electron chi connectivity index (χ3n) is 4.11. The highest BCUT2D eigenvalue weighted by Crippen LogP contribution is 2.32. The molecule has 0 aromatic heterocycles. The highest BCUT2D eigenvalue weighted by atomic mass is 16.6. The maximum Gasteiger partial charge on any atom is 0.161 e. The van der Waals surface area contributed by atoms with Crippen LogP contribution in [0.15, 0.2) is 42.5 Å². The lowest BCUT2D eigenvalue weighted by molar-refractivity contribution is 0.168. The molecule has 0 amide bonds. The molecule has 1 heterocycles. The SMILES string of the molecule is Cc1cccc(C(O)CNC(C)c2ccc3c(c2)OCCO3)c1. The predicted octanol–water partition coefficient (Wildman–Crippen LogP) is 3.15.